The summed E-state index contributed by atoms with van der Waals surface area (Å²) in [5.41, 5.74) is 0. The Bertz CT molecular complexity index is 555. The van der Waals surface area contributed by atoms with E-state index in [9.17, 15) is 8.42 Å². The smallest absolute Gasteiger partial charge is 0.243 e. The zero-order valence-corrected chi connectivity index (χ0v) is 15.9. The van der Waals surface area contributed by atoms with Gasteiger partial charge >= 0.3 is 0 Å². The van der Waals surface area contributed by atoms with Crippen LogP contribution in [0, 0.1) is 0 Å². The highest BCUT2D eigenvalue weighted by Gasteiger charge is 2.21. The molecule has 1 aromatic carbocycles. The molecule has 0 aliphatic carbocycles. The van der Waals surface area contributed by atoms with Crippen molar-refractivity contribution in [2.45, 2.75) is 25.2 Å². The van der Waals surface area contributed by atoms with E-state index in [1.807, 2.05) is 0 Å². The van der Waals surface area contributed by atoms with E-state index in [0.717, 1.165) is 26.1 Å². The highest BCUT2D eigenvalue weighted by atomic mass is 79.9. The second kappa shape index (κ2) is 8.70. The van der Waals surface area contributed by atoms with Crippen LogP contribution in [0.5, 0.6) is 0 Å². The fraction of sp³-hybridized carbons (Fsp3) is 0.538. The molecule has 0 amide bonds. The van der Waals surface area contributed by atoms with E-state index in [-0.39, 0.29) is 14.9 Å². The fourth-order valence-corrected chi connectivity index (χ4v) is 4.91. The third-order valence-corrected chi connectivity index (χ3v) is 5.91. The molecule has 0 bridgehead atoms. The van der Waals surface area contributed by atoms with Gasteiger partial charge in [-0.3, -0.25) is 0 Å². The third kappa shape index (κ3) is 5.69. The minimum atomic E-state index is -3.70. The maximum Gasteiger partial charge on any atom is 0.243 e. The normalized spacial score (nSPS) is 12.1. The van der Waals surface area contributed by atoms with Crippen LogP contribution in [0.1, 0.15) is 20.3 Å². The van der Waals surface area contributed by atoms with E-state index in [2.05, 4.69) is 39.4 Å². The van der Waals surface area contributed by atoms with Gasteiger partial charge in [0.05, 0.1) is 10.0 Å². The Morgan fingerprint density at radius 3 is 2.19 bits per heavy atom. The molecule has 0 radical (unpaired) electrons. The molecule has 0 fully saturated rings. The molecule has 0 saturated heterocycles. The first kappa shape index (κ1) is 19.2. The van der Waals surface area contributed by atoms with Gasteiger partial charge in [0.25, 0.3) is 0 Å². The van der Waals surface area contributed by atoms with Crippen LogP contribution in [-0.2, 0) is 10.0 Å². The predicted octanol–water partition coefficient (Wildman–Crippen LogP) is 3.77. The van der Waals surface area contributed by atoms with Crippen LogP contribution in [0.25, 0.3) is 0 Å². The van der Waals surface area contributed by atoms with Gasteiger partial charge in [0.1, 0.15) is 4.90 Å². The van der Waals surface area contributed by atoms with Gasteiger partial charge in [-0.15, -0.1) is 0 Å². The van der Waals surface area contributed by atoms with Crippen molar-refractivity contribution in [1.82, 2.24) is 9.62 Å². The van der Waals surface area contributed by atoms with E-state index in [0.29, 0.717) is 11.0 Å². The summed E-state index contributed by atoms with van der Waals surface area (Å²) in [5, 5.41) is 0.205. The zero-order chi connectivity index (χ0) is 16.0. The number of benzene rings is 1. The van der Waals surface area contributed by atoms with Gasteiger partial charge in [0.2, 0.25) is 10.0 Å². The summed E-state index contributed by atoms with van der Waals surface area (Å²) in [6.07, 6.45) is 0.729. The standard InChI is InChI=1S/C13H19BrCl2N2O2S/c1-3-18(4-2)7-5-6-17-21(19,20)13-11(15)8-10(14)9-12(13)16/h8-9,17H,3-7H2,1-2H3. The van der Waals surface area contributed by atoms with Crippen molar-refractivity contribution in [2.75, 3.05) is 26.2 Å². The average Bonchev–Trinajstić information content (AvgIpc) is 2.37. The first-order valence-corrected chi connectivity index (χ1v) is 9.71. The van der Waals surface area contributed by atoms with Gasteiger partial charge in [-0.05, 0) is 38.2 Å². The summed E-state index contributed by atoms with van der Waals surface area (Å²) in [5.74, 6) is 0. The lowest BCUT2D eigenvalue weighted by Crippen LogP contribution is -2.30. The lowest BCUT2D eigenvalue weighted by atomic mass is 10.4. The van der Waals surface area contributed by atoms with Crippen molar-refractivity contribution < 1.29 is 8.42 Å². The molecule has 0 aliphatic heterocycles. The molecule has 21 heavy (non-hydrogen) atoms. The summed E-state index contributed by atoms with van der Waals surface area (Å²) < 4.78 is 27.7. The van der Waals surface area contributed by atoms with E-state index in [1.165, 1.54) is 12.1 Å². The quantitative estimate of drug-likeness (QED) is 0.655. The minimum Gasteiger partial charge on any atom is -0.304 e. The number of rotatable bonds is 8. The number of halogens is 3. The Labute approximate surface area is 145 Å². The van der Waals surface area contributed by atoms with Gasteiger partial charge in [-0.1, -0.05) is 53.0 Å². The number of hydrogen-bond acceptors (Lipinski definition) is 3. The Kier molecular flexibility index (Phi) is 7.95. The zero-order valence-electron chi connectivity index (χ0n) is 12.0. The van der Waals surface area contributed by atoms with Crippen molar-refractivity contribution in [3.8, 4) is 0 Å². The monoisotopic (exact) mass is 416 g/mol. The van der Waals surface area contributed by atoms with Crippen LogP contribution >= 0.6 is 39.1 Å². The van der Waals surface area contributed by atoms with E-state index < -0.39 is 10.0 Å². The lowest BCUT2D eigenvalue weighted by molar-refractivity contribution is 0.300. The van der Waals surface area contributed by atoms with Crippen LogP contribution in [0.3, 0.4) is 0 Å². The maximum atomic E-state index is 12.3. The van der Waals surface area contributed by atoms with Crippen molar-refractivity contribution in [3.05, 3.63) is 26.7 Å². The van der Waals surface area contributed by atoms with Crippen LogP contribution in [0.2, 0.25) is 10.0 Å². The Morgan fingerprint density at radius 2 is 1.71 bits per heavy atom. The topological polar surface area (TPSA) is 49.4 Å². The third-order valence-electron chi connectivity index (χ3n) is 3.07. The van der Waals surface area contributed by atoms with E-state index in [4.69, 9.17) is 23.2 Å². The number of sulfonamides is 1. The molecule has 1 aromatic rings. The number of nitrogens with one attached hydrogen (secondary N) is 1. The first-order chi connectivity index (χ1) is 9.81. The van der Waals surface area contributed by atoms with Gasteiger partial charge in [0.15, 0.2) is 0 Å². The average molecular weight is 418 g/mol. The largest absolute Gasteiger partial charge is 0.304 e. The van der Waals surface area contributed by atoms with E-state index >= 15 is 0 Å². The molecule has 4 nitrogen and oxygen atoms in total. The van der Waals surface area contributed by atoms with Crippen LogP contribution in [0.15, 0.2) is 21.5 Å². The molecule has 0 aliphatic rings. The second-order valence-corrected chi connectivity index (χ2v) is 7.91. The molecule has 1 N–H and O–H groups in total. The molecule has 0 aromatic heterocycles. The molecule has 0 spiro atoms. The summed E-state index contributed by atoms with van der Waals surface area (Å²) in [6, 6.07) is 3.02. The predicted molar refractivity (Wildman–Crippen MR) is 91.8 cm³/mol. The summed E-state index contributed by atoms with van der Waals surface area (Å²) in [7, 11) is -3.70. The number of nitrogens with zero attached hydrogens (tertiary/aromatic N) is 1. The second-order valence-electron chi connectivity index (χ2n) is 4.48. The number of hydrogen-bond donors (Lipinski definition) is 1. The van der Waals surface area contributed by atoms with Gasteiger partial charge in [-0.2, -0.15) is 0 Å². The fourth-order valence-electron chi connectivity index (χ4n) is 1.91. The maximum absolute atomic E-state index is 12.3. The molecule has 0 heterocycles. The molecule has 8 heteroatoms. The van der Waals surface area contributed by atoms with Gasteiger partial charge in [0, 0.05) is 11.0 Å². The van der Waals surface area contributed by atoms with Crippen molar-refractivity contribution in [3.63, 3.8) is 0 Å². The van der Waals surface area contributed by atoms with Crippen molar-refractivity contribution in [1.29, 1.82) is 0 Å². The molecule has 0 saturated carbocycles. The molecular weight excluding hydrogens is 399 g/mol. The summed E-state index contributed by atoms with van der Waals surface area (Å²) >= 11 is 15.2. The Balaban J connectivity index is 2.71. The highest BCUT2D eigenvalue weighted by molar-refractivity contribution is 9.10. The van der Waals surface area contributed by atoms with Gasteiger partial charge in [-0.25, -0.2) is 13.1 Å². The van der Waals surface area contributed by atoms with Crippen LogP contribution in [-0.4, -0.2) is 39.5 Å². The van der Waals surface area contributed by atoms with Crippen LogP contribution in [0.4, 0.5) is 0 Å². The summed E-state index contributed by atoms with van der Waals surface area (Å²) in [4.78, 5) is 2.16. The van der Waals surface area contributed by atoms with E-state index in [1.54, 1.807) is 0 Å². The van der Waals surface area contributed by atoms with Crippen molar-refractivity contribution in [2.24, 2.45) is 0 Å². The highest BCUT2D eigenvalue weighted by Crippen LogP contribution is 2.32. The van der Waals surface area contributed by atoms with Gasteiger partial charge < -0.3 is 4.90 Å². The molecule has 120 valence electrons. The Morgan fingerprint density at radius 1 is 1.19 bits per heavy atom. The van der Waals surface area contributed by atoms with Crippen LogP contribution < -0.4 is 4.72 Å². The SMILES string of the molecule is CCN(CC)CCCNS(=O)(=O)c1c(Cl)cc(Br)cc1Cl. The molecular formula is C13H19BrCl2N2O2S. The van der Waals surface area contributed by atoms with Crippen molar-refractivity contribution >= 4 is 49.2 Å². The Hall–Kier alpha value is 0.150. The first-order valence-electron chi connectivity index (χ1n) is 6.68. The molecule has 1 rings (SSSR count). The summed E-state index contributed by atoms with van der Waals surface area (Å²) in [6.45, 7) is 7.25. The molecule has 0 atom stereocenters. The lowest BCUT2D eigenvalue weighted by Gasteiger charge is -2.18. The minimum absolute atomic E-state index is 0.0723. The molecule has 0 unspecified atom stereocenters.